The minimum Gasteiger partial charge on any atom is -0.354 e. The molecule has 0 aliphatic heterocycles. The second-order valence-corrected chi connectivity index (χ2v) is 2.06. The fourth-order valence-electron chi connectivity index (χ4n) is 0.796. The first-order valence-corrected chi connectivity index (χ1v) is 3.15. The van der Waals surface area contributed by atoms with E-state index in [1.165, 1.54) is 0 Å². The van der Waals surface area contributed by atoms with E-state index in [1.54, 1.807) is 6.07 Å². The van der Waals surface area contributed by atoms with Gasteiger partial charge in [0, 0.05) is 5.56 Å². The molecular weight excluding hydrogens is 124 g/mol. The standard InChI is InChI=1S/C8H8N2/c9-5-7-2-1-3-8(4-7)6-10/h1-4H,5,9H2/p+1. The minimum absolute atomic E-state index is 0.709. The molecule has 0 unspecified atom stereocenters. The lowest BCUT2D eigenvalue weighted by Crippen LogP contribution is -2.47. The van der Waals surface area contributed by atoms with Crippen molar-refractivity contribution in [2.75, 3.05) is 0 Å². The van der Waals surface area contributed by atoms with Crippen molar-refractivity contribution in [3.05, 3.63) is 35.4 Å². The van der Waals surface area contributed by atoms with Crippen molar-refractivity contribution in [2.24, 2.45) is 0 Å². The molecule has 0 bridgehead atoms. The highest BCUT2D eigenvalue weighted by molar-refractivity contribution is 5.32. The first-order valence-electron chi connectivity index (χ1n) is 3.15. The quantitative estimate of drug-likeness (QED) is 0.588. The van der Waals surface area contributed by atoms with Gasteiger partial charge < -0.3 is 5.73 Å². The van der Waals surface area contributed by atoms with Gasteiger partial charge in [0.15, 0.2) is 0 Å². The zero-order valence-electron chi connectivity index (χ0n) is 5.67. The second kappa shape index (κ2) is 3.00. The van der Waals surface area contributed by atoms with Crippen LogP contribution in [-0.4, -0.2) is 0 Å². The van der Waals surface area contributed by atoms with Crippen LogP contribution in [0.25, 0.3) is 0 Å². The first-order chi connectivity index (χ1) is 4.86. The van der Waals surface area contributed by atoms with Crippen molar-refractivity contribution >= 4 is 0 Å². The smallest absolute Gasteiger partial charge is 0.0997 e. The molecule has 0 saturated carbocycles. The molecule has 50 valence electrons. The summed E-state index contributed by atoms with van der Waals surface area (Å²) in [7, 11) is 0. The summed E-state index contributed by atoms with van der Waals surface area (Å²) < 4.78 is 0. The van der Waals surface area contributed by atoms with Crippen LogP contribution in [0.5, 0.6) is 0 Å². The predicted molar refractivity (Wildman–Crippen MR) is 37.7 cm³/mol. The van der Waals surface area contributed by atoms with Gasteiger partial charge in [-0.1, -0.05) is 12.1 Å². The fraction of sp³-hybridized carbons (Fsp3) is 0.125. The third kappa shape index (κ3) is 1.34. The van der Waals surface area contributed by atoms with Crippen LogP contribution in [0, 0.1) is 11.3 Å². The summed E-state index contributed by atoms with van der Waals surface area (Å²) >= 11 is 0. The zero-order chi connectivity index (χ0) is 7.40. The normalized spacial score (nSPS) is 8.80. The van der Waals surface area contributed by atoms with Crippen LogP contribution >= 0.6 is 0 Å². The molecule has 0 radical (unpaired) electrons. The Labute approximate surface area is 59.9 Å². The van der Waals surface area contributed by atoms with Gasteiger partial charge in [0.1, 0.15) is 0 Å². The molecule has 2 nitrogen and oxygen atoms in total. The maximum Gasteiger partial charge on any atom is 0.0997 e. The summed E-state index contributed by atoms with van der Waals surface area (Å²) in [5.41, 5.74) is 5.54. The van der Waals surface area contributed by atoms with Crippen LogP contribution < -0.4 is 5.73 Å². The molecule has 0 amide bonds. The van der Waals surface area contributed by atoms with E-state index in [4.69, 9.17) is 5.26 Å². The molecule has 1 rings (SSSR count). The minimum atomic E-state index is 0.709. The van der Waals surface area contributed by atoms with Crippen molar-refractivity contribution in [3.63, 3.8) is 0 Å². The van der Waals surface area contributed by atoms with E-state index in [-0.39, 0.29) is 0 Å². The number of benzene rings is 1. The SMILES string of the molecule is N#Cc1cccc(C[NH3+])c1. The van der Waals surface area contributed by atoms with Crippen LogP contribution in [0.4, 0.5) is 0 Å². The van der Waals surface area contributed by atoms with Gasteiger partial charge in [0.2, 0.25) is 0 Å². The lowest BCUT2D eigenvalue weighted by Gasteiger charge is -1.91. The molecule has 0 aliphatic rings. The van der Waals surface area contributed by atoms with E-state index in [0.717, 1.165) is 12.1 Å². The Morgan fingerprint density at radius 3 is 2.90 bits per heavy atom. The molecule has 0 heterocycles. The lowest BCUT2D eigenvalue weighted by molar-refractivity contribution is -0.386. The summed E-state index contributed by atoms with van der Waals surface area (Å²) in [5.74, 6) is 0. The Balaban J connectivity index is 3.01. The lowest BCUT2D eigenvalue weighted by atomic mass is 10.1. The molecule has 2 heteroatoms. The molecular formula is C8H9N2+. The zero-order valence-corrected chi connectivity index (χ0v) is 5.67. The number of quaternary nitrogens is 1. The van der Waals surface area contributed by atoms with E-state index in [1.807, 2.05) is 18.2 Å². The van der Waals surface area contributed by atoms with Crippen LogP contribution in [0.3, 0.4) is 0 Å². The first kappa shape index (κ1) is 6.79. The van der Waals surface area contributed by atoms with Crippen LogP contribution in [-0.2, 0) is 6.54 Å². The molecule has 0 aromatic heterocycles. The largest absolute Gasteiger partial charge is 0.354 e. The van der Waals surface area contributed by atoms with Crippen LogP contribution in [0.1, 0.15) is 11.1 Å². The van der Waals surface area contributed by atoms with E-state index >= 15 is 0 Å². The molecule has 1 aromatic carbocycles. The Morgan fingerprint density at radius 1 is 1.50 bits per heavy atom. The average Bonchev–Trinajstić information content (AvgIpc) is 2.05. The molecule has 1 aromatic rings. The van der Waals surface area contributed by atoms with E-state index in [2.05, 4.69) is 11.8 Å². The molecule has 0 spiro atoms. The van der Waals surface area contributed by atoms with Gasteiger partial charge in [-0.3, -0.25) is 0 Å². The highest BCUT2D eigenvalue weighted by Gasteiger charge is 1.91. The molecule has 0 aliphatic carbocycles. The number of hydrogen-bond donors (Lipinski definition) is 1. The van der Waals surface area contributed by atoms with Gasteiger partial charge in [-0.15, -0.1) is 0 Å². The molecule has 0 fully saturated rings. The Bertz CT molecular complexity index is 260. The van der Waals surface area contributed by atoms with Crippen LogP contribution in [0.2, 0.25) is 0 Å². The summed E-state index contributed by atoms with van der Waals surface area (Å²) in [6, 6.07) is 9.56. The van der Waals surface area contributed by atoms with Gasteiger partial charge in [0.05, 0.1) is 18.2 Å². The van der Waals surface area contributed by atoms with Crippen molar-refractivity contribution in [1.82, 2.24) is 0 Å². The summed E-state index contributed by atoms with van der Waals surface area (Å²) in [6.07, 6.45) is 0. The van der Waals surface area contributed by atoms with E-state index in [9.17, 15) is 0 Å². The summed E-state index contributed by atoms with van der Waals surface area (Å²) in [5, 5.41) is 8.49. The Hall–Kier alpha value is -1.33. The maximum absolute atomic E-state index is 8.49. The fourth-order valence-corrected chi connectivity index (χ4v) is 0.796. The number of rotatable bonds is 1. The van der Waals surface area contributed by atoms with Crippen molar-refractivity contribution in [3.8, 4) is 6.07 Å². The average molecular weight is 133 g/mol. The van der Waals surface area contributed by atoms with Gasteiger partial charge in [-0.2, -0.15) is 5.26 Å². The third-order valence-corrected chi connectivity index (χ3v) is 1.34. The Morgan fingerprint density at radius 2 is 2.30 bits per heavy atom. The highest BCUT2D eigenvalue weighted by Crippen LogP contribution is 2.01. The van der Waals surface area contributed by atoms with Crippen molar-refractivity contribution in [1.29, 1.82) is 5.26 Å². The second-order valence-electron chi connectivity index (χ2n) is 2.06. The molecule has 0 saturated heterocycles. The molecule has 0 atom stereocenters. The van der Waals surface area contributed by atoms with Gasteiger partial charge in [-0.25, -0.2) is 0 Å². The number of nitrogens with zero attached hydrogens (tertiary/aromatic N) is 1. The highest BCUT2D eigenvalue weighted by atomic mass is 14.5. The summed E-state index contributed by atoms with van der Waals surface area (Å²) in [6.45, 7) is 0.746. The third-order valence-electron chi connectivity index (χ3n) is 1.34. The van der Waals surface area contributed by atoms with Gasteiger partial charge in [-0.05, 0) is 12.1 Å². The van der Waals surface area contributed by atoms with Gasteiger partial charge in [0.25, 0.3) is 0 Å². The maximum atomic E-state index is 8.49. The van der Waals surface area contributed by atoms with E-state index < -0.39 is 0 Å². The van der Waals surface area contributed by atoms with Crippen LogP contribution in [0.15, 0.2) is 24.3 Å². The number of nitriles is 1. The number of hydrogen-bond acceptors (Lipinski definition) is 1. The van der Waals surface area contributed by atoms with E-state index in [0.29, 0.717) is 5.56 Å². The Kier molecular flexibility index (Phi) is 2.03. The molecule has 10 heavy (non-hydrogen) atoms. The van der Waals surface area contributed by atoms with Gasteiger partial charge >= 0.3 is 0 Å². The van der Waals surface area contributed by atoms with Crippen molar-refractivity contribution < 1.29 is 5.73 Å². The molecule has 3 N–H and O–H groups in total. The van der Waals surface area contributed by atoms with Crippen molar-refractivity contribution in [2.45, 2.75) is 6.54 Å². The monoisotopic (exact) mass is 133 g/mol. The summed E-state index contributed by atoms with van der Waals surface area (Å²) in [4.78, 5) is 0. The predicted octanol–water partition coefficient (Wildman–Crippen LogP) is 0.300. The topological polar surface area (TPSA) is 51.4 Å².